The first-order chi connectivity index (χ1) is 16.9. The van der Waals surface area contributed by atoms with E-state index in [1.807, 2.05) is 38.1 Å². The normalized spacial score (nSPS) is 22.2. The fourth-order valence-corrected chi connectivity index (χ4v) is 6.34. The lowest BCUT2D eigenvalue weighted by Gasteiger charge is -2.34. The van der Waals surface area contributed by atoms with Crippen LogP contribution in [0.3, 0.4) is 0 Å². The summed E-state index contributed by atoms with van der Waals surface area (Å²) in [5, 5.41) is 0. The van der Waals surface area contributed by atoms with Crippen molar-refractivity contribution in [2.24, 2.45) is 11.7 Å². The molecule has 2 fully saturated rings. The van der Waals surface area contributed by atoms with Crippen LogP contribution in [0.4, 0.5) is 5.82 Å². The molecule has 2 aromatic rings. The van der Waals surface area contributed by atoms with E-state index in [4.69, 9.17) is 15.5 Å². The molecular formula is C26H37N5O4S. The summed E-state index contributed by atoms with van der Waals surface area (Å²) in [6.07, 6.45) is 1.58. The monoisotopic (exact) mass is 515 g/mol. The molecule has 1 aromatic heterocycles. The summed E-state index contributed by atoms with van der Waals surface area (Å²) in [5.74, 6) is 0.964. The van der Waals surface area contributed by atoms with E-state index in [0.29, 0.717) is 30.4 Å². The Balaban J connectivity index is 1.69. The summed E-state index contributed by atoms with van der Waals surface area (Å²) in [6, 6.07) is 10.8. The van der Waals surface area contributed by atoms with Gasteiger partial charge in [-0.05, 0) is 82.9 Å². The van der Waals surface area contributed by atoms with Gasteiger partial charge in [0, 0.05) is 36.8 Å². The van der Waals surface area contributed by atoms with Crippen LogP contribution in [0.25, 0.3) is 11.3 Å². The summed E-state index contributed by atoms with van der Waals surface area (Å²) < 4.78 is 34.9. The van der Waals surface area contributed by atoms with Gasteiger partial charge in [-0.15, -0.1) is 0 Å². The molecule has 36 heavy (non-hydrogen) atoms. The van der Waals surface area contributed by atoms with Gasteiger partial charge in [0.05, 0.1) is 17.4 Å². The summed E-state index contributed by atoms with van der Waals surface area (Å²) >= 11 is 0. The number of nitrogens with zero attached hydrogens (tertiary/aromatic N) is 3. The van der Waals surface area contributed by atoms with Crippen molar-refractivity contribution in [3.05, 3.63) is 42.0 Å². The topological polar surface area (TPSA) is 118 Å². The first-order valence-corrected chi connectivity index (χ1v) is 13.9. The molecule has 0 spiro atoms. The molecule has 3 heterocycles. The zero-order valence-electron chi connectivity index (χ0n) is 21.7. The maximum atomic E-state index is 13.3. The van der Waals surface area contributed by atoms with Crippen molar-refractivity contribution in [3.63, 3.8) is 0 Å². The minimum Gasteiger partial charge on any atom is -0.491 e. The molecule has 196 valence electrons. The fourth-order valence-electron chi connectivity index (χ4n) is 5.14. The second-order valence-electron chi connectivity index (χ2n) is 10.8. The number of rotatable bonds is 7. The molecule has 0 radical (unpaired) electrons. The Bertz CT molecular complexity index is 1210. The Morgan fingerprint density at radius 3 is 2.42 bits per heavy atom. The highest BCUT2D eigenvalue weighted by Gasteiger charge is 2.40. The van der Waals surface area contributed by atoms with E-state index >= 15 is 0 Å². The average Bonchev–Trinajstić information content (AvgIpc) is 3.35. The molecule has 0 unspecified atom stereocenters. The molecule has 4 rings (SSSR count). The molecule has 0 aliphatic carbocycles. The number of nitrogens with two attached hydrogens (primary N) is 1. The number of amides is 1. The Hall–Kier alpha value is -2.69. The summed E-state index contributed by atoms with van der Waals surface area (Å²) in [7, 11) is -4.00. The zero-order chi connectivity index (χ0) is 26.3. The zero-order valence-corrected chi connectivity index (χ0v) is 22.5. The Morgan fingerprint density at radius 1 is 1.17 bits per heavy atom. The molecule has 2 aliphatic rings. The number of hydrogen-bond acceptors (Lipinski definition) is 7. The lowest BCUT2D eigenvalue weighted by Crippen LogP contribution is -2.44. The number of benzene rings is 1. The van der Waals surface area contributed by atoms with Gasteiger partial charge >= 0.3 is 10.2 Å². The second-order valence-corrected chi connectivity index (χ2v) is 12.5. The number of anilines is 1. The fraction of sp³-hybridized carbons (Fsp3) is 0.538. The Kier molecular flexibility index (Phi) is 7.32. The molecule has 1 aromatic carbocycles. The number of aromatic nitrogens is 1. The minimum atomic E-state index is -4.00. The molecule has 2 atom stereocenters. The maximum Gasteiger partial charge on any atom is 0.304 e. The number of carbonyl (C=O) groups excluding carboxylic acids is 1. The van der Waals surface area contributed by atoms with E-state index in [1.54, 1.807) is 12.1 Å². The van der Waals surface area contributed by atoms with E-state index in [2.05, 4.69) is 30.4 Å². The predicted molar refractivity (Wildman–Crippen MR) is 141 cm³/mol. The molecule has 1 amide bonds. The number of pyridine rings is 1. The van der Waals surface area contributed by atoms with Gasteiger partial charge in [-0.1, -0.05) is 6.92 Å². The molecular weight excluding hydrogens is 478 g/mol. The van der Waals surface area contributed by atoms with Gasteiger partial charge in [0.2, 0.25) is 0 Å². The van der Waals surface area contributed by atoms with Crippen LogP contribution in [-0.2, 0) is 10.2 Å². The van der Waals surface area contributed by atoms with E-state index in [9.17, 15) is 13.2 Å². The van der Waals surface area contributed by atoms with Gasteiger partial charge in [0.25, 0.3) is 5.91 Å². The highest BCUT2D eigenvalue weighted by molar-refractivity contribution is 7.87. The molecule has 0 bridgehead atoms. The van der Waals surface area contributed by atoms with Crippen LogP contribution in [0, 0.1) is 5.92 Å². The van der Waals surface area contributed by atoms with Gasteiger partial charge in [0.1, 0.15) is 11.6 Å². The van der Waals surface area contributed by atoms with Crippen LogP contribution in [-0.4, -0.2) is 60.9 Å². The quantitative estimate of drug-likeness (QED) is 0.581. The van der Waals surface area contributed by atoms with Crippen molar-refractivity contribution in [2.75, 3.05) is 24.5 Å². The van der Waals surface area contributed by atoms with E-state index in [0.717, 1.165) is 24.3 Å². The van der Waals surface area contributed by atoms with Gasteiger partial charge in [0.15, 0.2) is 0 Å². The summed E-state index contributed by atoms with van der Waals surface area (Å²) in [6.45, 7) is 11.6. The number of ether oxygens (including phenoxy) is 1. The number of carbonyl (C=O) groups is 1. The molecule has 2 aliphatic heterocycles. The van der Waals surface area contributed by atoms with Crippen molar-refractivity contribution in [1.82, 2.24) is 14.0 Å². The maximum absolute atomic E-state index is 13.3. The van der Waals surface area contributed by atoms with Crippen LogP contribution in [0.1, 0.15) is 57.8 Å². The first kappa shape index (κ1) is 26.4. The molecule has 0 saturated carbocycles. The standard InChI is InChI=1S/C26H37N5O4S/c1-17(2)35-21-8-6-19(7-9-21)23-11-10-22(24(28-23)31-15-18(3)14-26(31,4)5)25(32)29-36(33,34)30-13-12-20(27)16-30/h6-11,17-18,20H,12-16,27H2,1-5H3,(H,29,32)/t18-,20-/m0/s1. The smallest absolute Gasteiger partial charge is 0.304 e. The molecule has 10 heteroatoms. The SMILES string of the molecule is CC(C)Oc1ccc(-c2ccc(C(=O)NS(=O)(=O)N3CC[C@H](N)C3)c(N3C[C@@H](C)CC3(C)C)n2)cc1. The largest absolute Gasteiger partial charge is 0.491 e. The summed E-state index contributed by atoms with van der Waals surface area (Å²) in [5.41, 5.74) is 7.44. The Morgan fingerprint density at radius 2 is 1.86 bits per heavy atom. The van der Waals surface area contributed by atoms with Gasteiger partial charge in [-0.2, -0.15) is 12.7 Å². The predicted octanol–water partition coefficient (Wildman–Crippen LogP) is 3.17. The minimum absolute atomic E-state index is 0.0744. The van der Waals surface area contributed by atoms with E-state index in [1.165, 1.54) is 4.31 Å². The third-order valence-electron chi connectivity index (χ3n) is 6.72. The van der Waals surface area contributed by atoms with Gasteiger partial charge in [-0.25, -0.2) is 9.71 Å². The third kappa shape index (κ3) is 5.66. The molecule has 9 nitrogen and oxygen atoms in total. The summed E-state index contributed by atoms with van der Waals surface area (Å²) in [4.78, 5) is 20.4. The highest BCUT2D eigenvalue weighted by atomic mass is 32.2. The van der Waals surface area contributed by atoms with Crippen molar-refractivity contribution in [1.29, 1.82) is 0 Å². The Labute approximate surface area is 214 Å². The van der Waals surface area contributed by atoms with Crippen molar-refractivity contribution >= 4 is 21.9 Å². The van der Waals surface area contributed by atoms with Crippen LogP contribution >= 0.6 is 0 Å². The van der Waals surface area contributed by atoms with Gasteiger partial charge in [-0.3, -0.25) is 4.79 Å². The van der Waals surface area contributed by atoms with Crippen LogP contribution in [0.15, 0.2) is 36.4 Å². The third-order valence-corrected chi connectivity index (χ3v) is 8.17. The van der Waals surface area contributed by atoms with Crippen molar-refractivity contribution < 1.29 is 17.9 Å². The highest BCUT2D eigenvalue weighted by Crippen LogP contribution is 2.38. The lowest BCUT2D eigenvalue weighted by molar-refractivity contribution is 0.0979. The van der Waals surface area contributed by atoms with Crippen LogP contribution < -0.4 is 20.1 Å². The average molecular weight is 516 g/mol. The number of nitrogens with one attached hydrogen (secondary N) is 1. The van der Waals surface area contributed by atoms with E-state index < -0.39 is 16.1 Å². The number of hydrogen-bond donors (Lipinski definition) is 2. The second kappa shape index (κ2) is 9.99. The first-order valence-electron chi connectivity index (χ1n) is 12.5. The van der Waals surface area contributed by atoms with Gasteiger partial charge < -0.3 is 15.4 Å². The van der Waals surface area contributed by atoms with Crippen LogP contribution in [0.2, 0.25) is 0 Å². The molecule has 2 saturated heterocycles. The molecule has 3 N–H and O–H groups in total. The van der Waals surface area contributed by atoms with E-state index in [-0.39, 0.29) is 29.8 Å². The van der Waals surface area contributed by atoms with Crippen molar-refractivity contribution in [2.45, 2.75) is 65.1 Å². The van der Waals surface area contributed by atoms with Crippen LogP contribution in [0.5, 0.6) is 5.75 Å². The lowest BCUT2D eigenvalue weighted by atomic mass is 9.97. The van der Waals surface area contributed by atoms with Crippen molar-refractivity contribution in [3.8, 4) is 17.0 Å².